The summed E-state index contributed by atoms with van der Waals surface area (Å²) in [6, 6.07) is 4.57. The van der Waals surface area contributed by atoms with E-state index >= 15 is 0 Å². The Hall–Kier alpha value is -1.55. The van der Waals surface area contributed by atoms with Crippen LogP contribution in [0.5, 0.6) is 0 Å². The van der Waals surface area contributed by atoms with E-state index in [-0.39, 0.29) is 6.10 Å². The SMILES string of the molecule is CCCC(O)c1ccn(Cc2ccn(C(CC)CC)n2)c1. The highest BCUT2D eigenvalue weighted by Gasteiger charge is 2.10. The average Bonchev–Trinajstić information content (AvgIpc) is 3.11. The lowest BCUT2D eigenvalue weighted by Crippen LogP contribution is -2.08. The number of hydrogen-bond donors (Lipinski definition) is 1. The monoisotopic (exact) mass is 289 g/mol. The third-order valence-electron chi connectivity index (χ3n) is 4.05. The summed E-state index contributed by atoms with van der Waals surface area (Å²) in [5.74, 6) is 0. The van der Waals surface area contributed by atoms with Crippen LogP contribution in [0.25, 0.3) is 0 Å². The first kappa shape index (κ1) is 15.8. The van der Waals surface area contributed by atoms with E-state index in [0.717, 1.165) is 43.5 Å². The fourth-order valence-corrected chi connectivity index (χ4v) is 2.71. The Kier molecular flexibility index (Phi) is 5.62. The van der Waals surface area contributed by atoms with Gasteiger partial charge in [-0.2, -0.15) is 5.10 Å². The van der Waals surface area contributed by atoms with Crippen LogP contribution in [0, 0.1) is 0 Å². The number of hydrogen-bond acceptors (Lipinski definition) is 2. The first-order valence-corrected chi connectivity index (χ1v) is 8.05. The average molecular weight is 289 g/mol. The summed E-state index contributed by atoms with van der Waals surface area (Å²) in [6.45, 7) is 7.24. The summed E-state index contributed by atoms with van der Waals surface area (Å²) >= 11 is 0. The molecule has 0 saturated heterocycles. The largest absolute Gasteiger partial charge is 0.388 e. The van der Waals surface area contributed by atoms with Crippen LogP contribution in [-0.4, -0.2) is 19.5 Å². The molecule has 0 amide bonds. The molecule has 0 aliphatic rings. The Morgan fingerprint density at radius 3 is 2.57 bits per heavy atom. The van der Waals surface area contributed by atoms with E-state index in [1.54, 1.807) is 0 Å². The van der Waals surface area contributed by atoms with Crippen LogP contribution in [0.15, 0.2) is 30.7 Å². The van der Waals surface area contributed by atoms with Gasteiger partial charge in [0.2, 0.25) is 0 Å². The molecule has 2 aromatic heterocycles. The standard InChI is InChI=1S/C17H27N3O/c1-4-7-17(21)14-8-10-19(12-14)13-15-9-11-20(18-15)16(5-2)6-3/h8-12,16-17,21H,4-7,13H2,1-3H3. The van der Waals surface area contributed by atoms with Crippen molar-refractivity contribution in [3.05, 3.63) is 42.0 Å². The highest BCUT2D eigenvalue weighted by Crippen LogP contribution is 2.19. The predicted molar refractivity (Wildman–Crippen MR) is 85.2 cm³/mol. The maximum atomic E-state index is 10.0. The fourth-order valence-electron chi connectivity index (χ4n) is 2.71. The summed E-state index contributed by atoms with van der Waals surface area (Å²) in [5.41, 5.74) is 2.06. The predicted octanol–water partition coefficient (Wildman–Crippen LogP) is 3.93. The molecule has 0 fully saturated rings. The molecule has 2 rings (SSSR count). The van der Waals surface area contributed by atoms with Crippen molar-refractivity contribution in [3.8, 4) is 0 Å². The zero-order valence-electron chi connectivity index (χ0n) is 13.4. The Balaban J connectivity index is 2.02. The minimum Gasteiger partial charge on any atom is -0.388 e. The van der Waals surface area contributed by atoms with Crippen LogP contribution in [0.3, 0.4) is 0 Å². The summed E-state index contributed by atoms with van der Waals surface area (Å²) in [6.07, 6.45) is 9.78. The molecule has 0 radical (unpaired) electrons. The lowest BCUT2D eigenvalue weighted by atomic mass is 10.1. The Morgan fingerprint density at radius 1 is 1.14 bits per heavy atom. The molecule has 0 saturated carbocycles. The van der Waals surface area contributed by atoms with Gasteiger partial charge in [-0.1, -0.05) is 27.2 Å². The Morgan fingerprint density at radius 2 is 1.90 bits per heavy atom. The van der Waals surface area contributed by atoms with Crippen molar-refractivity contribution >= 4 is 0 Å². The van der Waals surface area contributed by atoms with Crippen LogP contribution in [0.1, 0.15) is 69.9 Å². The smallest absolute Gasteiger partial charge is 0.0821 e. The molecule has 1 unspecified atom stereocenters. The van der Waals surface area contributed by atoms with E-state index < -0.39 is 0 Å². The van der Waals surface area contributed by atoms with Gasteiger partial charge in [-0.25, -0.2) is 0 Å². The maximum Gasteiger partial charge on any atom is 0.0821 e. The molecule has 2 heterocycles. The molecule has 2 aromatic rings. The molecule has 0 aliphatic heterocycles. The van der Waals surface area contributed by atoms with Gasteiger partial charge in [0.1, 0.15) is 0 Å². The quantitative estimate of drug-likeness (QED) is 0.800. The van der Waals surface area contributed by atoms with E-state index in [0.29, 0.717) is 6.04 Å². The molecule has 1 atom stereocenters. The molecular weight excluding hydrogens is 262 g/mol. The third-order valence-corrected chi connectivity index (χ3v) is 4.05. The number of aromatic nitrogens is 3. The van der Waals surface area contributed by atoms with Gasteiger partial charge in [0, 0.05) is 18.6 Å². The number of nitrogens with zero attached hydrogens (tertiary/aromatic N) is 3. The highest BCUT2D eigenvalue weighted by molar-refractivity contribution is 5.15. The van der Waals surface area contributed by atoms with Crippen molar-refractivity contribution in [1.29, 1.82) is 0 Å². The lowest BCUT2D eigenvalue weighted by Gasteiger charge is -2.12. The second-order valence-electron chi connectivity index (χ2n) is 5.68. The molecule has 0 spiro atoms. The van der Waals surface area contributed by atoms with Crippen molar-refractivity contribution in [2.24, 2.45) is 0 Å². The van der Waals surface area contributed by atoms with E-state index in [1.165, 1.54) is 0 Å². The van der Waals surface area contributed by atoms with Gasteiger partial charge in [0.15, 0.2) is 0 Å². The highest BCUT2D eigenvalue weighted by atomic mass is 16.3. The zero-order chi connectivity index (χ0) is 15.2. The Bertz CT molecular complexity index is 540. The van der Waals surface area contributed by atoms with Crippen LogP contribution in [-0.2, 0) is 6.54 Å². The van der Waals surface area contributed by atoms with Crippen molar-refractivity contribution in [2.75, 3.05) is 0 Å². The van der Waals surface area contributed by atoms with Crippen molar-refractivity contribution in [1.82, 2.24) is 14.3 Å². The van der Waals surface area contributed by atoms with Gasteiger partial charge in [0.25, 0.3) is 0 Å². The van der Waals surface area contributed by atoms with Crippen molar-refractivity contribution in [2.45, 2.75) is 65.1 Å². The summed E-state index contributed by atoms with van der Waals surface area (Å²) in [4.78, 5) is 0. The van der Waals surface area contributed by atoms with Gasteiger partial charge < -0.3 is 9.67 Å². The second kappa shape index (κ2) is 7.46. The first-order chi connectivity index (χ1) is 10.2. The van der Waals surface area contributed by atoms with Crippen LogP contribution in [0.4, 0.5) is 0 Å². The van der Waals surface area contributed by atoms with E-state index in [1.807, 2.05) is 18.5 Å². The van der Waals surface area contributed by atoms with Crippen LogP contribution < -0.4 is 0 Å². The molecule has 0 aromatic carbocycles. The molecule has 1 N–H and O–H groups in total. The van der Waals surface area contributed by atoms with E-state index in [9.17, 15) is 5.11 Å². The Labute approximate surface area is 127 Å². The van der Waals surface area contributed by atoms with Gasteiger partial charge in [-0.05, 0) is 37.0 Å². The third kappa shape index (κ3) is 3.97. The summed E-state index contributed by atoms with van der Waals surface area (Å²) < 4.78 is 4.17. The van der Waals surface area contributed by atoms with Gasteiger partial charge in [-0.3, -0.25) is 4.68 Å². The normalized spacial score (nSPS) is 13.0. The summed E-state index contributed by atoms with van der Waals surface area (Å²) in [7, 11) is 0. The minimum atomic E-state index is -0.349. The van der Waals surface area contributed by atoms with E-state index in [4.69, 9.17) is 0 Å². The van der Waals surface area contributed by atoms with E-state index in [2.05, 4.69) is 47.4 Å². The van der Waals surface area contributed by atoms with Gasteiger partial charge in [0.05, 0.1) is 24.4 Å². The molecule has 116 valence electrons. The van der Waals surface area contributed by atoms with Gasteiger partial charge >= 0.3 is 0 Å². The maximum absolute atomic E-state index is 10.0. The van der Waals surface area contributed by atoms with Crippen LogP contribution in [0.2, 0.25) is 0 Å². The molecular formula is C17H27N3O. The van der Waals surface area contributed by atoms with Gasteiger partial charge in [-0.15, -0.1) is 0 Å². The van der Waals surface area contributed by atoms with Crippen LogP contribution >= 0.6 is 0 Å². The fraction of sp³-hybridized carbons (Fsp3) is 0.588. The first-order valence-electron chi connectivity index (χ1n) is 8.05. The number of rotatable bonds is 8. The topological polar surface area (TPSA) is 43.0 Å². The molecule has 4 heteroatoms. The summed E-state index contributed by atoms with van der Waals surface area (Å²) in [5, 5.41) is 14.7. The minimum absolute atomic E-state index is 0.349. The van der Waals surface area contributed by atoms with Crippen molar-refractivity contribution in [3.63, 3.8) is 0 Å². The lowest BCUT2D eigenvalue weighted by molar-refractivity contribution is 0.166. The zero-order valence-corrected chi connectivity index (χ0v) is 13.4. The molecule has 0 bridgehead atoms. The number of aliphatic hydroxyl groups excluding tert-OH is 1. The number of aliphatic hydroxyl groups is 1. The molecule has 4 nitrogen and oxygen atoms in total. The second-order valence-corrected chi connectivity index (χ2v) is 5.68. The molecule has 21 heavy (non-hydrogen) atoms. The van der Waals surface area contributed by atoms with Crippen molar-refractivity contribution < 1.29 is 5.11 Å². The molecule has 0 aliphatic carbocycles.